The van der Waals surface area contributed by atoms with Crippen LogP contribution >= 0.6 is 15.9 Å². The van der Waals surface area contributed by atoms with Crippen molar-refractivity contribution in [2.75, 3.05) is 0 Å². The summed E-state index contributed by atoms with van der Waals surface area (Å²) in [6, 6.07) is 11.0. The second-order valence-electron chi connectivity index (χ2n) is 6.41. The van der Waals surface area contributed by atoms with E-state index in [0.717, 1.165) is 23.0 Å². The highest BCUT2D eigenvalue weighted by atomic mass is 79.9. The molecule has 0 aliphatic carbocycles. The fourth-order valence-corrected chi connectivity index (χ4v) is 4.03. The van der Waals surface area contributed by atoms with Crippen molar-refractivity contribution in [2.24, 2.45) is 0 Å². The summed E-state index contributed by atoms with van der Waals surface area (Å²) in [7, 11) is 0. The Hall–Kier alpha value is -1.66. The van der Waals surface area contributed by atoms with E-state index >= 15 is 0 Å². The standard InChI is InChI=1S/C17H19BrN4O/c18-11-2-1-3-15(8-11)22-7-6-16(21-22)17(23)20-14-9-12-4-5-13(10-14)19-12/h1-3,6-8,12-14,19H,4-5,9-10H2,(H,20,23). The van der Waals surface area contributed by atoms with Gasteiger partial charge in [0.15, 0.2) is 5.69 Å². The maximum atomic E-state index is 12.4. The van der Waals surface area contributed by atoms with Crippen LogP contribution < -0.4 is 10.6 Å². The molecule has 1 aromatic heterocycles. The summed E-state index contributed by atoms with van der Waals surface area (Å²) in [4.78, 5) is 12.4. The average molecular weight is 375 g/mol. The Morgan fingerprint density at radius 3 is 2.78 bits per heavy atom. The molecule has 2 aromatic rings. The molecular weight excluding hydrogens is 356 g/mol. The molecular formula is C17H19BrN4O. The van der Waals surface area contributed by atoms with Crippen LogP contribution in [0.15, 0.2) is 41.0 Å². The number of benzene rings is 1. The highest BCUT2D eigenvalue weighted by Gasteiger charge is 2.34. The van der Waals surface area contributed by atoms with Gasteiger partial charge in [0.05, 0.1) is 5.69 Å². The van der Waals surface area contributed by atoms with Gasteiger partial charge in [0, 0.05) is 28.8 Å². The van der Waals surface area contributed by atoms with Gasteiger partial charge in [-0.2, -0.15) is 5.10 Å². The normalized spacial score (nSPS) is 26.2. The van der Waals surface area contributed by atoms with E-state index in [4.69, 9.17) is 0 Å². The van der Waals surface area contributed by atoms with E-state index in [1.807, 2.05) is 30.5 Å². The monoisotopic (exact) mass is 374 g/mol. The first-order chi connectivity index (χ1) is 11.2. The zero-order chi connectivity index (χ0) is 15.8. The zero-order valence-corrected chi connectivity index (χ0v) is 14.3. The smallest absolute Gasteiger partial charge is 0.272 e. The highest BCUT2D eigenvalue weighted by Crippen LogP contribution is 2.26. The van der Waals surface area contributed by atoms with Gasteiger partial charge < -0.3 is 10.6 Å². The topological polar surface area (TPSA) is 59.0 Å². The largest absolute Gasteiger partial charge is 0.348 e. The lowest BCUT2D eigenvalue weighted by atomic mass is 10.00. The van der Waals surface area contributed by atoms with Crippen molar-refractivity contribution in [3.8, 4) is 5.69 Å². The maximum Gasteiger partial charge on any atom is 0.272 e. The molecule has 1 aromatic carbocycles. The summed E-state index contributed by atoms with van der Waals surface area (Å²) in [5.74, 6) is -0.0787. The number of halogens is 1. The molecule has 0 saturated carbocycles. The predicted molar refractivity (Wildman–Crippen MR) is 91.7 cm³/mol. The molecule has 0 radical (unpaired) electrons. The number of hydrogen-bond acceptors (Lipinski definition) is 3. The van der Waals surface area contributed by atoms with E-state index in [0.29, 0.717) is 17.8 Å². The van der Waals surface area contributed by atoms with Crippen LogP contribution in [0.1, 0.15) is 36.2 Å². The lowest BCUT2D eigenvalue weighted by molar-refractivity contribution is 0.0918. The molecule has 2 unspecified atom stereocenters. The Kier molecular flexibility index (Phi) is 3.95. The molecule has 2 N–H and O–H groups in total. The Morgan fingerprint density at radius 2 is 2.04 bits per heavy atom. The molecule has 3 heterocycles. The second kappa shape index (κ2) is 6.09. The summed E-state index contributed by atoms with van der Waals surface area (Å²) in [5, 5.41) is 11.1. The minimum atomic E-state index is -0.0787. The van der Waals surface area contributed by atoms with Gasteiger partial charge in [-0.1, -0.05) is 22.0 Å². The number of piperidine rings is 1. The minimum absolute atomic E-state index is 0.0787. The Morgan fingerprint density at radius 1 is 1.26 bits per heavy atom. The first-order valence-electron chi connectivity index (χ1n) is 8.06. The fourth-order valence-electron chi connectivity index (χ4n) is 3.64. The van der Waals surface area contributed by atoms with E-state index in [2.05, 4.69) is 31.7 Å². The lowest BCUT2D eigenvalue weighted by Gasteiger charge is -2.29. The van der Waals surface area contributed by atoms with Crippen LogP contribution in [0, 0.1) is 0 Å². The van der Waals surface area contributed by atoms with Crippen molar-refractivity contribution in [3.05, 3.63) is 46.7 Å². The van der Waals surface area contributed by atoms with Gasteiger partial charge in [0.1, 0.15) is 0 Å². The maximum absolute atomic E-state index is 12.4. The van der Waals surface area contributed by atoms with Crippen molar-refractivity contribution in [2.45, 2.75) is 43.8 Å². The number of aromatic nitrogens is 2. The van der Waals surface area contributed by atoms with Gasteiger partial charge >= 0.3 is 0 Å². The molecule has 2 bridgehead atoms. The van der Waals surface area contributed by atoms with Crippen LogP contribution in [-0.2, 0) is 0 Å². The summed E-state index contributed by atoms with van der Waals surface area (Å²) in [5.41, 5.74) is 1.40. The Labute approximate surface area is 143 Å². The summed E-state index contributed by atoms with van der Waals surface area (Å²) >= 11 is 3.45. The molecule has 1 amide bonds. The molecule has 2 aliphatic heterocycles. The number of nitrogens with one attached hydrogen (secondary N) is 2. The SMILES string of the molecule is O=C(NC1CC2CCC(C1)N2)c1ccn(-c2cccc(Br)c2)n1. The van der Waals surface area contributed by atoms with Crippen LogP contribution in [-0.4, -0.2) is 33.8 Å². The summed E-state index contributed by atoms with van der Waals surface area (Å²) < 4.78 is 2.72. The second-order valence-corrected chi connectivity index (χ2v) is 7.32. The first kappa shape index (κ1) is 14.9. The third-order valence-corrected chi connectivity index (χ3v) is 5.20. The number of carbonyl (C=O) groups excluding carboxylic acids is 1. The molecule has 2 atom stereocenters. The number of hydrogen-bond donors (Lipinski definition) is 2. The van der Waals surface area contributed by atoms with Crippen LogP contribution in [0.4, 0.5) is 0 Å². The van der Waals surface area contributed by atoms with E-state index < -0.39 is 0 Å². The molecule has 2 aliphatic rings. The van der Waals surface area contributed by atoms with Gasteiger partial charge in [-0.05, 0) is 49.9 Å². The summed E-state index contributed by atoms with van der Waals surface area (Å²) in [6.45, 7) is 0. The lowest BCUT2D eigenvalue weighted by Crippen LogP contribution is -2.48. The molecule has 23 heavy (non-hydrogen) atoms. The van der Waals surface area contributed by atoms with E-state index in [1.165, 1.54) is 12.8 Å². The van der Waals surface area contributed by atoms with Gasteiger partial charge in [0.25, 0.3) is 5.91 Å². The average Bonchev–Trinajstić information content (AvgIpc) is 3.14. The fraction of sp³-hybridized carbons (Fsp3) is 0.412. The highest BCUT2D eigenvalue weighted by molar-refractivity contribution is 9.10. The van der Waals surface area contributed by atoms with Crippen molar-refractivity contribution in [3.63, 3.8) is 0 Å². The van der Waals surface area contributed by atoms with Crippen LogP contribution in [0.3, 0.4) is 0 Å². The summed E-state index contributed by atoms with van der Waals surface area (Å²) in [6.07, 6.45) is 6.33. The van der Waals surface area contributed by atoms with Gasteiger partial charge in [-0.3, -0.25) is 4.79 Å². The third kappa shape index (κ3) is 3.19. The molecule has 4 rings (SSSR count). The minimum Gasteiger partial charge on any atom is -0.348 e. The number of carbonyl (C=O) groups is 1. The van der Waals surface area contributed by atoms with Gasteiger partial charge in [-0.25, -0.2) is 4.68 Å². The quantitative estimate of drug-likeness (QED) is 0.867. The third-order valence-electron chi connectivity index (χ3n) is 4.70. The first-order valence-corrected chi connectivity index (χ1v) is 8.85. The van der Waals surface area contributed by atoms with E-state index in [9.17, 15) is 4.79 Å². The van der Waals surface area contributed by atoms with Gasteiger partial charge in [-0.15, -0.1) is 0 Å². The van der Waals surface area contributed by atoms with Crippen molar-refractivity contribution < 1.29 is 4.79 Å². The van der Waals surface area contributed by atoms with Crippen LogP contribution in [0.25, 0.3) is 5.69 Å². The van der Waals surface area contributed by atoms with Gasteiger partial charge in [0.2, 0.25) is 0 Å². The number of nitrogens with zero attached hydrogens (tertiary/aromatic N) is 2. The van der Waals surface area contributed by atoms with E-state index in [1.54, 1.807) is 10.7 Å². The Bertz CT molecular complexity index is 717. The van der Waals surface area contributed by atoms with E-state index in [-0.39, 0.29) is 11.9 Å². The van der Waals surface area contributed by atoms with Crippen molar-refractivity contribution in [1.82, 2.24) is 20.4 Å². The van der Waals surface area contributed by atoms with Crippen molar-refractivity contribution >= 4 is 21.8 Å². The molecule has 120 valence electrons. The molecule has 6 heteroatoms. The van der Waals surface area contributed by atoms with Crippen molar-refractivity contribution in [1.29, 1.82) is 0 Å². The number of amides is 1. The van der Waals surface area contributed by atoms with Crippen LogP contribution in [0.2, 0.25) is 0 Å². The molecule has 5 nitrogen and oxygen atoms in total. The molecule has 0 spiro atoms. The molecule has 2 saturated heterocycles. The predicted octanol–water partition coefficient (Wildman–Crippen LogP) is 2.65. The Balaban J connectivity index is 1.45. The molecule has 2 fully saturated rings. The zero-order valence-electron chi connectivity index (χ0n) is 12.7. The number of rotatable bonds is 3. The number of fused-ring (bicyclic) bond motifs is 2. The van der Waals surface area contributed by atoms with Crippen LogP contribution in [0.5, 0.6) is 0 Å².